The predicted molar refractivity (Wildman–Crippen MR) is 129 cm³/mol. The topological polar surface area (TPSA) is 25.2 Å². The molecule has 29 heavy (non-hydrogen) atoms. The average molecular weight is 405 g/mol. The van der Waals surface area contributed by atoms with Crippen LogP contribution in [0, 0.1) is 12.8 Å². The summed E-state index contributed by atoms with van der Waals surface area (Å²) in [7, 11) is 0. The van der Waals surface area contributed by atoms with E-state index in [-0.39, 0.29) is 5.92 Å². The molecule has 0 saturated carbocycles. The lowest BCUT2D eigenvalue weighted by atomic mass is 9.83. The maximum absolute atomic E-state index is 4.79. The van der Waals surface area contributed by atoms with Crippen molar-refractivity contribution in [2.45, 2.75) is 59.8 Å². The lowest BCUT2D eigenvalue weighted by molar-refractivity contribution is 0.942. The lowest BCUT2D eigenvalue weighted by Gasteiger charge is -2.20. The number of aromatic nitrogens is 1. The molecule has 1 unspecified atom stereocenters. The fourth-order valence-electron chi connectivity index (χ4n) is 4.25. The van der Waals surface area contributed by atoms with E-state index in [0.29, 0.717) is 0 Å². The van der Waals surface area contributed by atoms with Crippen molar-refractivity contribution >= 4 is 22.8 Å². The maximum atomic E-state index is 4.79. The van der Waals surface area contributed by atoms with Crippen molar-refractivity contribution in [3.63, 3.8) is 0 Å². The molecule has 3 rings (SSSR count). The first-order valence-corrected chi connectivity index (χ1v) is 11.5. The third kappa shape index (κ3) is 4.51. The molecule has 2 nitrogen and oxygen atoms in total. The normalized spacial score (nSPS) is 19.0. The van der Waals surface area contributed by atoms with Crippen LogP contribution in [0.5, 0.6) is 0 Å². The van der Waals surface area contributed by atoms with E-state index in [2.05, 4.69) is 64.7 Å². The minimum absolute atomic E-state index is 0.262. The third-order valence-electron chi connectivity index (χ3n) is 5.61. The van der Waals surface area contributed by atoms with Crippen molar-refractivity contribution in [2.24, 2.45) is 10.9 Å². The smallest absolute Gasteiger partial charge is 0.0589 e. The molecule has 0 N–H and O–H groups in total. The zero-order valence-corrected chi connectivity index (χ0v) is 19.0. The number of rotatable bonds is 9. The third-order valence-corrected chi connectivity index (χ3v) is 6.61. The van der Waals surface area contributed by atoms with Crippen molar-refractivity contribution in [1.82, 2.24) is 4.37 Å². The summed E-state index contributed by atoms with van der Waals surface area (Å²) in [6.07, 6.45) is 20.5. The van der Waals surface area contributed by atoms with E-state index < -0.39 is 0 Å². The van der Waals surface area contributed by atoms with Gasteiger partial charge >= 0.3 is 0 Å². The first-order valence-electron chi connectivity index (χ1n) is 10.7. The van der Waals surface area contributed by atoms with Crippen LogP contribution in [0.15, 0.2) is 70.9 Å². The highest BCUT2D eigenvalue weighted by atomic mass is 32.1. The second-order valence-electron chi connectivity index (χ2n) is 7.56. The molecule has 0 aromatic carbocycles. The molecule has 1 atom stereocenters. The predicted octanol–water partition coefficient (Wildman–Crippen LogP) is 7.56. The van der Waals surface area contributed by atoms with Crippen LogP contribution in [-0.4, -0.2) is 10.1 Å². The maximum Gasteiger partial charge on any atom is 0.0589 e. The molecule has 0 spiro atoms. The fourth-order valence-corrected chi connectivity index (χ4v) is 5.15. The van der Waals surface area contributed by atoms with Gasteiger partial charge in [-0.3, -0.25) is 4.99 Å². The van der Waals surface area contributed by atoms with Crippen LogP contribution in [0.1, 0.15) is 62.6 Å². The average Bonchev–Trinajstić information content (AvgIpc) is 3.31. The van der Waals surface area contributed by atoms with Crippen LogP contribution >= 0.6 is 11.5 Å². The fraction of sp³-hybridized carbons (Fsp3) is 0.385. The van der Waals surface area contributed by atoms with Gasteiger partial charge in [-0.25, -0.2) is 0 Å². The van der Waals surface area contributed by atoms with Gasteiger partial charge in [0.2, 0.25) is 0 Å². The Balaban J connectivity index is 1.77. The van der Waals surface area contributed by atoms with E-state index in [1.54, 1.807) is 11.5 Å². The van der Waals surface area contributed by atoms with Crippen LogP contribution in [0.3, 0.4) is 0 Å². The Morgan fingerprint density at radius 3 is 2.79 bits per heavy atom. The van der Waals surface area contributed by atoms with Gasteiger partial charge in [0.1, 0.15) is 0 Å². The Kier molecular flexibility index (Phi) is 7.38. The van der Waals surface area contributed by atoms with Crippen molar-refractivity contribution in [3.05, 3.63) is 82.1 Å². The van der Waals surface area contributed by atoms with Gasteiger partial charge in [0, 0.05) is 22.6 Å². The molecule has 1 aromatic heterocycles. The van der Waals surface area contributed by atoms with E-state index >= 15 is 0 Å². The van der Waals surface area contributed by atoms with Crippen LogP contribution < -0.4 is 0 Å². The second kappa shape index (κ2) is 9.98. The highest BCUT2D eigenvalue weighted by Crippen LogP contribution is 2.36. The molecule has 0 fully saturated rings. The second-order valence-corrected chi connectivity index (χ2v) is 8.41. The Labute approximate surface area is 180 Å². The summed E-state index contributed by atoms with van der Waals surface area (Å²) in [4.78, 5) is 6.21. The van der Waals surface area contributed by atoms with E-state index in [1.807, 2.05) is 12.3 Å². The molecule has 0 saturated heterocycles. The van der Waals surface area contributed by atoms with Gasteiger partial charge in [0.25, 0.3) is 0 Å². The van der Waals surface area contributed by atoms with Gasteiger partial charge in [0.05, 0.1) is 11.4 Å². The Morgan fingerprint density at radius 2 is 2.10 bits per heavy atom. The summed E-state index contributed by atoms with van der Waals surface area (Å²) in [5.74, 6) is 0.262. The van der Waals surface area contributed by atoms with Crippen LogP contribution in [-0.2, 0) is 6.42 Å². The minimum atomic E-state index is 0.262. The number of nitrogens with zero attached hydrogens (tertiary/aromatic N) is 2. The molecule has 2 heterocycles. The first kappa shape index (κ1) is 21.4. The number of hydrogen-bond donors (Lipinski definition) is 0. The van der Waals surface area contributed by atoms with Gasteiger partial charge in [-0.1, -0.05) is 63.3 Å². The van der Waals surface area contributed by atoms with Gasteiger partial charge < -0.3 is 0 Å². The molecule has 1 aliphatic carbocycles. The Morgan fingerprint density at radius 1 is 1.28 bits per heavy atom. The molecule has 152 valence electrons. The van der Waals surface area contributed by atoms with E-state index in [1.165, 1.54) is 50.6 Å². The molecule has 3 heteroatoms. The van der Waals surface area contributed by atoms with Crippen LogP contribution in [0.4, 0.5) is 0 Å². The largest absolute Gasteiger partial charge is 0.260 e. The first-order chi connectivity index (χ1) is 14.1. The Hall–Kier alpha value is -2.26. The summed E-state index contributed by atoms with van der Waals surface area (Å²) in [6, 6.07) is 0. The monoisotopic (exact) mass is 404 g/mol. The van der Waals surface area contributed by atoms with Gasteiger partial charge in [0.15, 0.2) is 0 Å². The van der Waals surface area contributed by atoms with Gasteiger partial charge in [-0.2, -0.15) is 4.37 Å². The summed E-state index contributed by atoms with van der Waals surface area (Å²) in [5.41, 5.74) is 9.02. The lowest BCUT2D eigenvalue weighted by Crippen LogP contribution is -2.17. The highest BCUT2D eigenvalue weighted by molar-refractivity contribution is 7.06. The van der Waals surface area contributed by atoms with E-state index in [4.69, 9.17) is 9.37 Å². The summed E-state index contributed by atoms with van der Waals surface area (Å²) in [5, 5.41) is 0. The number of aliphatic imine (C=N–C) groups is 1. The quantitative estimate of drug-likeness (QED) is 0.390. The molecular weight excluding hydrogens is 372 g/mol. The highest BCUT2D eigenvalue weighted by Gasteiger charge is 2.28. The summed E-state index contributed by atoms with van der Waals surface area (Å²) >= 11 is 1.67. The molecular formula is C26H32N2S. The molecule has 0 amide bonds. The van der Waals surface area contributed by atoms with E-state index in [0.717, 1.165) is 25.7 Å². The number of aryl methyl sites for hydroxylation is 2. The summed E-state index contributed by atoms with van der Waals surface area (Å²) < 4.78 is 4.70. The molecule has 2 aliphatic rings. The standard InChI is InChI=1S/C26H32N2S/c1-6-11-20(12-7-2)25-18(5)28-29-24(25)16-15-21-13-10-14-22-23(17-27-26(21)22)19(8-3)9-4/h8-11,13-14,17,22H,3,6-7,12,15-16H2,1-2,4-5H3/b19-9+,20-11+. The SMILES string of the molecule is C=C/C(=C\C)C1=CN=C2C(CCc3snc(C)c3/C(=C/CC)CCC)=CC=CC12. The van der Waals surface area contributed by atoms with Crippen molar-refractivity contribution in [3.8, 4) is 0 Å². The zero-order valence-electron chi connectivity index (χ0n) is 18.2. The molecule has 0 bridgehead atoms. The van der Waals surface area contributed by atoms with Crippen molar-refractivity contribution < 1.29 is 0 Å². The van der Waals surface area contributed by atoms with Crippen molar-refractivity contribution in [2.75, 3.05) is 0 Å². The molecule has 1 aromatic rings. The Bertz CT molecular complexity index is 947. The van der Waals surface area contributed by atoms with Crippen LogP contribution in [0.25, 0.3) is 5.57 Å². The van der Waals surface area contributed by atoms with Crippen LogP contribution in [0.2, 0.25) is 0 Å². The molecule has 0 radical (unpaired) electrons. The number of fused-ring (bicyclic) bond motifs is 1. The van der Waals surface area contributed by atoms with E-state index in [9.17, 15) is 0 Å². The zero-order chi connectivity index (χ0) is 20.8. The molecule has 1 aliphatic heterocycles. The van der Waals surface area contributed by atoms with Gasteiger partial charge in [-0.05, 0) is 73.4 Å². The summed E-state index contributed by atoms with van der Waals surface area (Å²) in [6.45, 7) is 12.6. The van der Waals surface area contributed by atoms with Gasteiger partial charge in [-0.15, -0.1) is 0 Å². The minimum Gasteiger partial charge on any atom is -0.260 e. The number of hydrogen-bond acceptors (Lipinski definition) is 3. The van der Waals surface area contributed by atoms with Crippen molar-refractivity contribution in [1.29, 1.82) is 0 Å². The number of allylic oxidation sites excluding steroid dienone is 10.